The van der Waals surface area contributed by atoms with Gasteiger partial charge in [-0.25, -0.2) is 8.42 Å². The van der Waals surface area contributed by atoms with Crippen LogP contribution in [-0.2, 0) is 15.5 Å². The number of rotatable bonds is 5. The predicted molar refractivity (Wildman–Crippen MR) is 83.2 cm³/mol. The first-order chi connectivity index (χ1) is 9.82. The van der Waals surface area contributed by atoms with Crippen LogP contribution < -0.4 is 0 Å². The molecule has 4 nitrogen and oxygen atoms in total. The van der Waals surface area contributed by atoms with Gasteiger partial charge < -0.3 is 4.90 Å². The van der Waals surface area contributed by atoms with Crippen LogP contribution >= 0.6 is 10.7 Å². The van der Waals surface area contributed by atoms with Gasteiger partial charge in [0.2, 0.25) is 0 Å². The van der Waals surface area contributed by atoms with Crippen molar-refractivity contribution in [3.05, 3.63) is 29.3 Å². The van der Waals surface area contributed by atoms with E-state index in [1.54, 1.807) is 18.0 Å². The van der Waals surface area contributed by atoms with Crippen molar-refractivity contribution in [2.75, 3.05) is 13.6 Å². The van der Waals surface area contributed by atoms with Gasteiger partial charge in [0.15, 0.2) is 0 Å². The van der Waals surface area contributed by atoms with Crippen molar-refractivity contribution in [1.82, 2.24) is 4.90 Å². The Morgan fingerprint density at radius 1 is 1.38 bits per heavy atom. The molecular formula is C15H20ClNO3S. The Hall–Kier alpha value is -1.07. The minimum Gasteiger partial charge on any atom is -0.341 e. The van der Waals surface area contributed by atoms with Crippen LogP contribution in [0.4, 0.5) is 0 Å². The van der Waals surface area contributed by atoms with Crippen molar-refractivity contribution >= 4 is 25.6 Å². The second-order valence-corrected chi connectivity index (χ2v) is 8.16. The van der Waals surface area contributed by atoms with Crippen LogP contribution in [0.15, 0.2) is 23.1 Å². The van der Waals surface area contributed by atoms with E-state index in [9.17, 15) is 13.2 Å². The molecular weight excluding hydrogens is 310 g/mol. The predicted octanol–water partition coefficient (Wildman–Crippen LogP) is 3.05. The SMILES string of the molecule is CCc1ccc(S(=O)(=O)Cl)cc1C(=O)N(C)CC1CCC1. The number of hydrogen-bond acceptors (Lipinski definition) is 3. The van der Waals surface area contributed by atoms with Crippen LogP contribution in [0.3, 0.4) is 0 Å². The first-order valence-corrected chi connectivity index (χ1v) is 9.47. The van der Waals surface area contributed by atoms with Gasteiger partial charge in [0.1, 0.15) is 0 Å². The largest absolute Gasteiger partial charge is 0.341 e. The zero-order valence-corrected chi connectivity index (χ0v) is 13.9. The van der Waals surface area contributed by atoms with E-state index in [1.165, 1.54) is 18.6 Å². The average Bonchev–Trinajstić information content (AvgIpc) is 2.40. The molecule has 0 aromatic heterocycles. The normalized spacial score (nSPS) is 15.6. The number of carbonyl (C=O) groups is 1. The van der Waals surface area contributed by atoms with Crippen molar-refractivity contribution in [3.8, 4) is 0 Å². The van der Waals surface area contributed by atoms with Crippen LogP contribution in [0.25, 0.3) is 0 Å². The van der Waals surface area contributed by atoms with E-state index in [2.05, 4.69) is 0 Å². The molecule has 1 aliphatic rings. The smallest absolute Gasteiger partial charge is 0.261 e. The monoisotopic (exact) mass is 329 g/mol. The van der Waals surface area contributed by atoms with Gasteiger partial charge >= 0.3 is 0 Å². The summed E-state index contributed by atoms with van der Waals surface area (Å²) in [6.45, 7) is 2.66. The molecule has 0 bridgehead atoms. The van der Waals surface area contributed by atoms with E-state index >= 15 is 0 Å². The van der Waals surface area contributed by atoms with Gasteiger partial charge in [-0.05, 0) is 42.9 Å². The first-order valence-electron chi connectivity index (χ1n) is 7.16. The Balaban J connectivity index is 2.28. The Morgan fingerprint density at radius 2 is 2.05 bits per heavy atom. The fraction of sp³-hybridized carbons (Fsp3) is 0.533. The van der Waals surface area contributed by atoms with Crippen molar-refractivity contribution < 1.29 is 13.2 Å². The third kappa shape index (κ3) is 3.77. The Morgan fingerprint density at radius 3 is 2.52 bits per heavy atom. The molecule has 116 valence electrons. The molecule has 1 aromatic carbocycles. The summed E-state index contributed by atoms with van der Waals surface area (Å²) < 4.78 is 22.9. The van der Waals surface area contributed by atoms with Gasteiger partial charge in [0.25, 0.3) is 15.0 Å². The molecule has 1 aliphatic carbocycles. The number of benzene rings is 1. The number of nitrogens with zero attached hydrogens (tertiary/aromatic N) is 1. The molecule has 0 unspecified atom stereocenters. The molecule has 21 heavy (non-hydrogen) atoms. The Labute approximate surface area is 130 Å². The molecule has 6 heteroatoms. The average molecular weight is 330 g/mol. The van der Waals surface area contributed by atoms with Crippen LogP contribution in [0.1, 0.15) is 42.1 Å². The fourth-order valence-electron chi connectivity index (χ4n) is 2.57. The maximum Gasteiger partial charge on any atom is 0.261 e. The summed E-state index contributed by atoms with van der Waals surface area (Å²) in [6, 6.07) is 4.50. The Kier molecular flexibility index (Phi) is 4.94. The number of aryl methyl sites for hydroxylation is 1. The van der Waals surface area contributed by atoms with Crippen molar-refractivity contribution in [2.24, 2.45) is 5.92 Å². The number of halogens is 1. The fourth-order valence-corrected chi connectivity index (χ4v) is 3.34. The van der Waals surface area contributed by atoms with Gasteiger partial charge in [-0.15, -0.1) is 0 Å². The van der Waals surface area contributed by atoms with E-state index in [-0.39, 0.29) is 10.8 Å². The highest BCUT2D eigenvalue weighted by molar-refractivity contribution is 8.13. The molecule has 0 saturated heterocycles. The summed E-state index contributed by atoms with van der Waals surface area (Å²) in [5.74, 6) is 0.435. The van der Waals surface area contributed by atoms with E-state index in [4.69, 9.17) is 10.7 Å². The summed E-state index contributed by atoms with van der Waals surface area (Å²) in [5, 5.41) is 0. The molecule has 1 saturated carbocycles. The highest BCUT2D eigenvalue weighted by Crippen LogP contribution is 2.28. The van der Waals surface area contributed by atoms with Gasteiger partial charge in [-0.3, -0.25) is 4.79 Å². The van der Waals surface area contributed by atoms with E-state index in [0.717, 1.165) is 24.9 Å². The van der Waals surface area contributed by atoms with Crippen molar-refractivity contribution in [1.29, 1.82) is 0 Å². The van der Waals surface area contributed by atoms with E-state index in [0.29, 0.717) is 17.9 Å². The molecule has 0 heterocycles. The lowest BCUT2D eigenvalue weighted by molar-refractivity contribution is 0.0744. The first kappa shape index (κ1) is 16.3. The van der Waals surface area contributed by atoms with Crippen LogP contribution in [0, 0.1) is 5.92 Å². The minimum absolute atomic E-state index is 0.0261. The topological polar surface area (TPSA) is 54.5 Å². The number of hydrogen-bond donors (Lipinski definition) is 0. The third-order valence-corrected chi connectivity index (χ3v) is 5.43. The van der Waals surface area contributed by atoms with Crippen LogP contribution in [0.5, 0.6) is 0 Å². The molecule has 2 rings (SSSR count). The quantitative estimate of drug-likeness (QED) is 0.780. The lowest BCUT2D eigenvalue weighted by Gasteiger charge is -2.30. The third-order valence-electron chi connectivity index (χ3n) is 4.08. The lowest BCUT2D eigenvalue weighted by atomic mass is 9.85. The molecule has 0 spiro atoms. The van der Waals surface area contributed by atoms with Crippen LogP contribution in [0.2, 0.25) is 0 Å². The molecule has 0 radical (unpaired) electrons. The zero-order valence-electron chi connectivity index (χ0n) is 12.3. The maximum absolute atomic E-state index is 12.6. The van der Waals surface area contributed by atoms with Gasteiger partial charge in [0, 0.05) is 29.8 Å². The van der Waals surface area contributed by atoms with E-state index in [1.807, 2.05) is 6.92 Å². The second-order valence-electron chi connectivity index (χ2n) is 5.59. The van der Waals surface area contributed by atoms with Gasteiger partial charge in [-0.2, -0.15) is 0 Å². The zero-order chi connectivity index (χ0) is 15.6. The molecule has 0 atom stereocenters. The molecule has 1 amide bonds. The summed E-state index contributed by atoms with van der Waals surface area (Å²) >= 11 is 0. The highest BCUT2D eigenvalue weighted by atomic mass is 35.7. The highest BCUT2D eigenvalue weighted by Gasteiger charge is 2.24. The molecule has 1 aromatic rings. The summed E-state index contributed by atoms with van der Waals surface area (Å²) in [5.41, 5.74) is 1.27. The number of amides is 1. The summed E-state index contributed by atoms with van der Waals surface area (Å²) in [7, 11) is 3.31. The summed E-state index contributed by atoms with van der Waals surface area (Å²) in [4.78, 5) is 14.2. The standard InChI is InChI=1S/C15H20ClNO3S/c1-3-12-7-8-13(21(16,19)20)9-14(12)15(18)17(2)10-11-5-4-6-11/h7-9,11H,3-6,10H2,1-2H3. The van der Waals surface area contributed by atoms with Crippen molar-refractivity contribution in [2.45, 2.75) is 37.5 Å². The van der Waals surface area contributed by atoms with E-state index < -0.39 is 9.05 Å². The molecule has 1 fully saturated rings. The van der Waals surface area contributed by atoms with Gasteiger partial charge in [-0.1, -0.05) is 19.4 Å². The van der Waals surface area contributed by atoms with Gasteiger partial charge in [0.05, 0.1) is 4.90 Å². The lowest BCUT2D eigenvalue weighted by Crippen LogP contribution is -2.34. The van der Waals surface area contributed by atoms with Crippen molar-refractivity contribution in [3.63, 3.8) is 0 Å². The minimum atomic E-state index is -3.82. The number of carbonyl (C=O) groups excluding carboxylic acids is 1. The Bertz CT molecular complexity index is 638. The maximum atomic E-state index is 12.6. The van der Waals surface area contributed by atoms with Crippen LogP contribution in [-0.4, -0.2) is 32.8 Å². The second kappa shape index (κ2) is 6.36. The molecule has 0 N–H and O–H groups in total. The summed E-state index contributed by atoms with van der Waals surface area (Å²) in [6.07, 6.45) is 4.22. The molecule has 0 aliphatic heterocycles.